The largest absolute Gasteiger partial charge is 0.444 e. The van der Waals surface area contributed by atoms with Gasteiger partial charge in [-0.15, -0.1) is 0 Å². The van der Waals surface area contributed by atoms with E-state index in [4.69, 9.17) is 10.5 Å². The molecule has 7 nitrogen and oxygen atoms in total. The summed E-state index contributed by atoms with van der Waals surface area (Å²) in [6, 6.07) is -0.386. The van der Waals surface area contributed by atoms with Crippen molar-refractivity contribution in [2.45, 2.75) is 45.8 Å². The molecule has 0 aliphatic carbocycles. The maximum Gasteiger partial charge on any atom is 0.410 e. The summed E-state index contributed by atoms with van der Waals surface area (Å²) in [6.45, 7) is 8.27. The highest BCUT2D eigenvalue weighted by Gasteiger charge is 2.36. The van der Waals surface area contributed by atoms with Gasteiger partial charge in [-0.05, 0) is 27.2 Å². The lowest BCUT2D eigenvalue weighted by Crippen LogP contribution is -2.59. The number of carbonyl (C=O) groups excluding carboxylic acids is 1. The predicted octanol–water partition coefficient (Wildman–Crippen LogP) is 0.606. The molecule has 0 aromatic rings. The lowest BCUT2D eigenvalue weighted by molar-refractivity contribution is 0.0138. The Hall–Kier alpha value is -0.860. The van der Waals surface area contributed by atoms with Crippen molar-refractivity contribution >= 4 is 16.1 Å². The monoisotopic (exact) mass is 321 g/mol. The molecule has 124 valence electrons. The van der Waals surface area contributed by atoms with Crippen molar-refractivity contribution in [3.05, 3.63) is 0 Å². The standard InChI is InChI=1S/C13H27N3O4S/c1-5-8-21(18,19)16-7-6-15(10-11(16)9-14)12(17)20-13(2,3)4/h11H,5-10,14H2,1-4H3. The molecular formula is C13H27N3O4S. The van der Waals surface area contributed by atoms with Crippen LogP contribution < -0.4 is 5.73 Å². The van der Waals surface area contributed by atoms with E-state index in [2.05, 4.69) is 0 Å². The Kier molecular flexibility index (Phi) is 6.01. The van der Waals surface area contributed by atoms with Crippen molar-refractivity contribution in [2.75, 3.05) is 31.9 Å². The van der Waals surface area contributed by atoms with E-state index in [1.807, 2.05) is 6.92 Å². The fourth-order valence-electron chi connectivity index (χ4n) is 2.26. The molecule has 1 rings (SSSR count). The summed E-state index contributed by atoms with van der Waals surface area (Å²) < 4.78 is 31.1. The van der Waals surface area contributed by atoms with Crippen molar-refractivity contribution in [1.82, 2.24) is 9.21 Å². The van der Waals surface area contributed by atoms with Crippen LogP contribution in [-0.2, 0) is 14.8 Å². The van der Waals surface area contributed by atoms with Crippen molar-refractivity contribution in [3.63, 3.8) is 0 Å². The van der Waals surface area contributed by atoms with Gasteiger partial charge in [-0.1, -0.05) is 6.92 Å². The molecule has 1 unspecified atom stereocenters. The molecule has 0 saturated carbocycles. The van der Waals surface area contributed by atoms with Crippen LogP contribution in [0.15, 0.2) is 0 Å². The molecule has 0 radical (unpaired) electrons. The average molecular weight is 321 g/mol. The summed E-state index contributed by atoms with van der Waals surface area (Å²) >= 11 is 0. The molecule has 8 heteroatoms. The van der Waals surface area contributed by atoms with Crippen molar-refractivity contribution in [2.24, 2.45) is 5.73 Å². The minimum Gasteiger partial charge on any atom is -0.444 e. The van der Waals surface area contributed by atoms with Crippen molar-refractivity contribution < 1.29 is 17.9 Å². The molecule has 1 fully saturated rings. The smallest absolute Gasteiger partial charge is 0.410 e. The van der Waals surface area contributed by atoms with Gasteiger partial charge in [0.1, 0.15) is 5.60 Å². The number of amides is 1. The summed E-state index contributed by atoms with van der Waals surface area (Å²) in [7, 11) is -3.30. The summed E-state index contributed by atoms with van der Waals surface area (Å²) in [5.41, 5.74) is 5.12. The summed E-state index contributed by atoms with van der Waals surface area (Å²) in [4.78, 5) is 13.6. The van der Waals surface area contributed by atoms with Gasteiger partial charge < -0.3 is 15.4 Å². The highest BCUT2D eigenvalue weighted by atomic mass is 32.2. The zero-order chi connectivity index (χ0) is 16.3. The number of nitrogens with zero attached hydrogens (tertiary/aromatic N) is 2. The number of hydrogen-bond donors (Lipinski definition) is 1. The van der Waals surface area contributed by atoms with Crippen molar-refractivity contribution in [3.8, 4) is 0 Å². The van der Waals surface area contributed by atoms with Gasteiger partial charge in [0.05, 0.1) is 11.8 Å². The third-order valence-electron chi connectivity index (χ3n) is 3.17. The van der Waals surface area contributed by atoms with Gasteiger partial charge in [-0.2, -0.15) is 4.31 Å². The molecular weight excluding hydrogens is 294 g/mol. The molecule has 0 aromatic heterocycles. The van der Waals surface area contributed by atoms with Crippen LogP contribution in [0.5, 0.6) is 0 Å². The Morgan fingerprint density at radius 1 is 1.33 bits per heavy atom. The van der Waals surface area contributed by atoms with Crippen LogP contribution in [0.4, 0.5) is 4.79 Å². The second-order valence-corrected chi connectivity index (χ2v) is 8.28. The first-order chi connectivity index (χ1) is 9.60. The highest BCUT2D eigenvalue weighted by molar-refractivity contribution is 7.89. The maximum atomic E-state index is 12.2. The quantitative estimate of drug-likeness (QED) is 0.819. The van der Waals surface area contributed by atoms with Gasteiger partial charge in [0, 0.05) is 26.2 Å². The van der Waals surface area contributed by atoms with E-state index in [-0.39, 0.29) is 31.4 Å². The fourth-order valence-corrected chi connectivity index (χ4v) is 3.98. The summed E-state index contributed by atoms with van der Waals surface area (Å²) in [6.07, 6.45) is 0.139. The zero-order valence-electron chi connectivity index (χ0n) is 13.3. The molecule has 1 aliphatic rings. The molecule has 0 aromatic carbocycles. The molecule has 1 aliphatic heterocycles. The first-order valence-electron chi connectivity index (χ1n) is 7.28. The summed E-state index contributed by atoms with van der Waals surface area (Å²) in [5, 5.41) is 0. The normalized spacial score (nSPS) is 21.4. The topological polar surface area (TPSA) is 92.9 Å². The van der Waals surface area contributed by atoms with Gasteiger partial charge in [-0.25, -0.2) is 13.2 Å². The van der Waals surface area contributed by atoms with E-state index in [1.165, 1.54) is 9.21 Å². The molecule has 0 spiro atoms. The molecule has 2 N–H and O–H groups in total. The lowest BCUT2D eigenvalue weighted by Gasteiger charge is -2.40. The van der Waals surface area contributed by atoms with E-state index < -0.39 is 21.7 Å². The number of rotatable bonds is 4. The molecule has 1 amide bonds. The molecule has 0 bridgehead atoms. The Labute approximate surface area is 127 Å². The Morgan fingerprint density at radius 3 is 2.43 bits per heavy atom. The Balaban J connectivity index is 2.76. The second kappa shape index (κ2) is 6.93. The molecule has 1 atom stereocenters. The number of sulfonamides is 1. The first kappa shape index (κ1) is 18.2. The SMILES string of the molecule is CCCS(=O)(=O)N1CCN(C(=O)OC(C)(C)C)CC1CN. The first-order valence-corrected chi connectivity index (χ1v) is 8.89. The van der Waals surface area contributed by atoms with Crippen LogP contribution in [-0.4, -0.2) is 67.3 Å². The third kappa shape index (κ3) is 5.12. The van der Waals surface area contributed by atoms with Crippen LogP contribution in [0.25, 0.3) is 0 Å². The summed E-state index contributed by atoms with van der Waals surface area (Å²) in [5.74, 6) is 0.107. The second-order valence-electron chi connectivity index (χ2n) is 6.24. The highest BCUT2D eigenvalue weighted by Crippen LogP contribution is 2.17. The van der Waals surface area contributed by atoms with Crippen LogP contribution in [0, 0.1) is 0 Å². The average Bonchev–Trinajstić information content (AvgIpc) is 2.35. The van der Waals surface area contributed by atoms with E-state index in [0.717, 1.165) is 0 Å². The van der Waals surface area contributed by atoms with Crippen LogP contribution in [0.2, 0.25) is 0 Å². The van der Waals surface area contributed by atoms with E-state index in [9.17, 15) is 13.2 Å². The third-order valence-corrected chi connectivity index (χ3v) is 5.29. The number of ether oxygens (including phenoxy) is 1. The van der Waals surface area contributed by atoms with E-state index in [0.29, 0.717) is 13.0 Å². The van der Waals surface area contributed by atoms with Gasteiger partial charge in [0.25, 0.3) is 0 Å². The number of nitrogens with two attached hydrogens (primary N) is 1. The maximum absolute atomic E-state index is 12.2. The van der Waals surface area contributed by atoms with Gasteiger partial charge >= 0.3 is 6.09 Å². The molecule has 1 saturated heterocycles. The van der Waals surface area contributed by atoms with E-state index in [1.54, 1.807) is 20.8 Å². The predicted molar refractivity (Wildman–Crippen MR) is 81.4 cm³/mol. The van der Waals surface area contributed by atoms with Crippen LogP contribution >= 0.6 is 0 Å². The fraction of sp³-hybridized carbons (Fsp3) is 0.923. The lowest BCUT2D eigenvalue weighted by atomic mass is 10.2. The number of carbonyl (C=O) groups is 1. The minimum atomic E-state index is -3.30. The Bertz CT molecular complexity index is 459. The van der Waals surface area contributed by atoms with Gasteiger partial charge in [0.15, 0.2) is 0 Å². The number of piperazine rings is 1. The molecule has 21 heavy (non-hydrogen) atoms. The zero-order valence-corrected chi connectivity index (χ0v) is 14.1. The molecule has 1 heterocycles. The minimum absolute atomic E-state index is 0.107. The Morgan fingerprint density at radius 2 is 1.95 bits per heavy atom. The van der Waals surface area contributed by atoms with Gasteiger partial charge in [0.2, 0.25) is 10.0 Å². The van der Waals surface area contributed by atoms with Crippen molar-refractivity contribution in [1.29, 1.82) is 0 Å². The van der Waals surface area contributed by atoms with E-state index >= 15 is 0 Å². The van der Waals surface area contributed by atoms with Crippen LogP contribution in [0.3, 0.4) is 0 Å². The number of hydrogen-bond acceptors (Lipinski definition) is 5. The van der Waals surface area contributed by atoms with Gasteiger partial charge in [-0.3, -0.25) is 0 Å². The van der Waals surface area contributed by atoms with Crippen LogP contribution in [0.1, 0.15) is 34.1 Å².